The van der Waals surface area contributed by atoms with E-state index in [2.05, 4.69) is 5.32 Å². The molecule has 4 heteroatoms. The average molecular weight is 282 g/mol. The van der Waals surface area contributed by atoms with Gasteiger partial charge in [0.05, 0.1) is 12.5 Å². The van der Waals surface area contributed by atoms with Gasteiger partial charge in [0.1, 0.15) is 5.75 Å². The van der Waals surface area contributed by atoms with Crippen molar-refractivity contribution in [2.45, 2.75) is 19.3 Å². The fraction of sp³-hybridized carbons (Fsp3) is 0.235. The van der Waals surface area contributed by atoms with Crippen LogP contribution in [0.4, 0.5) is 11.4 Å². The van der Waals surface area contributed by atoms with Crippen LogP contribution in [0.5, 0.6) is 5.75 Å². The molecular weight excluding hydrogens is 264 g/mol. The number of hydrogen-bond donors (Lipinski definition) is 2. The molecule has 1 unspecified atom stereocenters. The van der Waals surface area contributed by atoms with Crippen LogP contribution < -0.4 is 15.8 Å². The number of aryl methyl sites for hydroxylation is 1. The third-order valence-electron chi connectivity index (χ3n) is 3.79. The van der Waals surface area contributed by atoms with E-state index in [-0.39, 0.29) is 11.8 Å². The summed E-state index contributed by atoms with van der Waals surface area (Å²) in [4.78, 5) is 12.6. The van der Waals surface area contributed by atoms with Gasteiger partial charge in [-0.2, -0.15) is 0 Å². The number of carbonyl (C=O) groups is 1. The van der Waals surface area contributed by atoms with Crippen LogP contribution in [0.25, 0.3) is 0 Å². The highest BCUT2D eigenvalue weighted by Crippen LogP contribution is 2.34. The third-order valence-corrected chi connectivity index (χ3v) is 3.79. The summed E-state index contributed by atoms with van der Waals surface area (Å²) in [6.07, 6.45) is 0.685. The summed E-state index contributed by atoms with van der Waals surface area (Å²) in [6.45, 7) is 2.51. The fourth-order valence-corrected chi connectivity index (χ4v) is 2.61. The number of fused-ring (bicyclic) bond motifs is 1. The molecule has 0 saturated heterocycles. The van der Waals surface area contributed by atoms with Crippen LogP contribution in [0.3, 0.4) is 0 Å². The second-order valence-corrected chi connectivity index (χ2v) is 5.29. The summed E-state index contributed by atoms with van der Waals surface area (Å²) in [5, 5.41) is 2.99. The predicted octanol–water partition coefficient (Wildman–Crippen LogP) is 3.08. The van der Waals surface area contributed by atoms with Gasteiger partial charge in [0, 0.05) is 16.9 Å². The Kier molecular flexibility index (Phi) is 3.52. The third kappa shape index (κ3) is 2.70. The van der Waals surface area contributed by atoms with Crippen molar-refractivity contribution in [2.75, 3.05) is 17.7 Å². The number of rotatable bonds is 2. The molecule has 0 spiro atoms. The van der Waals surface area contributed by atoms with E-state index < -0.39 is 0 Å². The number of para-hydroxylation sites is 1. The topological polar surface area (TPSA) is 64.3 Å². The largest absolute Gasteiger partial charge is 0.493 e. The van der Waals surface area contributed by atoms with Gasteiger partial charge in [0.25, 0.3) is 0 Å². The number of hydrogen-bond acceptors (Lipinski definition) is 3. The van der Waals surface area contributed by atoms with Gasteiger partial charge in [-0.25, -0.2) is 0 Å². The van der Waals surface area contributed by atoms with E-state index in [1.54, 1.807) is 6.07 Å². The van der Waals surface area contributed by atoms with Gasteiger partial charge in [0.15, 0.2) is 0 Å². The molecule has 0 radical (unpaired) electrons. The van der Waals surface area contributed by atoms with Crippen LogP contribution in [-0.4, -0.2) is 12.5 Å². The van der Waals surface area contributed by atoms with Crippen LogP contribution in [-0.2, 0) is 4.79 Å². The lowest BCUT2D eigenvalue weighted by Gasteiger charge is -2.25. The number of nitrogens with one attached hydrogen (secondary N) is 1. The Morgan fingerprint density at radius 3 is 2.95 bits per heavy atom. The minimum atomic E-state index is -0.184. The Morgan fingerprint density at radius 1 is 1.29 bits per heavy atom. The van der Waals surface area contributed by atoms with Crippen molar-refractivity contribution >= 4 is 17.3 Å². The summed E-state index contributed by atoms with van der Waals surface area (Å²) in [7, 11) is 0. The van der Waals surface area contributed by atoms with E-state index in [9.17, 15) is 4.79 Å². The molecule has 0 aromatic heterocycles. The number of carbonyl (C=O) groups excluding carboxylic acids is 1. The summed E-state index contributed by atoms with van der Waals surface area (Å²) >= 11 is 0. The molecule has 0 bridgehead atoms. The zero-order valence-electron chi connectivity index (χ0n) is 11.9. The van der Waals surface area contributed by atoms with Crippen LogP contribution in [0, 0.1) is 6.92 Å². The normalized spacial score (nSPS) is 16.7. The van der Waals surface area contributed by atoms with Crippen molar-refractivity contribution in [1.82, 2.24) is 0 Å². The molecule has 1 aliphatic heterocycles. The lowest BCUT2D eigenvalue weighted by atomic mass is 9.92. The van der Waals surface area contributed by atoms with Crippen molar-refractivity contribution in [3.05, 3.63) is 53.6 Å². The van der Waals surface area contributed by atoms with Crippen LogP contribution in [0.2, 0.25) is 0 Å². The predicted molar refractivity (Wildman–Crippen MR) is 83.5 cm³/mol. The quantitative estimate of drug-likeness (QED) is 0.832. The Labute approximate surface area is 123 Å². The van der Waals surface area contributed by atoms with Gasteiger partial charge in [-0.15, -0.1) is 0 Å². The molecular formula is C17H18N2O2. The molecule has 1 atom stereocenters. The van der Waals surface area contributed by atoms with E-state index in [0.29, 0.717) is 18.7 Å². The van der Waals surface area contributed by atoms with Gasteiger partial charge in [0.2, 0.25) is 5.91 Å². The first kappa shape index (κ1) is 13.5. The van der Waals surface area contributed by atoms with Crippen molar-refractivity contribution in [3.63, 3.8) is 0 Å². The average Bonchev–Trinajstić information content (AvgIpc) is 2.50. The molecule has 0 fully saturated rings. The van der Waals surface area contributed by atoms with Gasteiger partial charge in [-0.1, -0.05) is 24.3 Å². The second kappa shape index (κ2) is 5.48. The number of benzene rings is 2. The van der Waals surface area contributed by atoms with Gasteiger partial charge in [-0.05, 0) is 37.1 Å². The summed E-state index contributed by atoms with van der Waals surface area (Å²) in [5.41, 5.74) is 9.14. The highest BCUT2D eigenvalue weighted by molar-refractivity contribution is 5.97. The maximum Gasteiger partial charge on any atom is 0.232 e. The molecule has 2 aromatic rings. The molecule has 4 nitrogen and oxygen atoms in total. The summed E-state index contributed by atoms with van der Waals surface area (Å²) in [6, 6.07) is 13.2. The van der Waals surface area contributed by atoms with Crippen molar-refractivity contribution in [2.24, 2.45) is 0 Å². The van der Waals surface area contributed by atoms with E-state index in [1.165, 1.54) is 0 Å². The number of nitrogen functional groups attached to an aromatic ring is 1. The Hall–Kier alpha value is -2.49. The molecule has 1 aliphatic rings. The van der Waals surface area contributed by atoms with Crippen molar-refractivity contribution in [3.8, 4) is 5.75 Å². The Balaban J connectivity index is 1.85. The highest BCUT2D eigenvalue weighted by atomic mass is 16.5. The van der Waals surface area contributed by atoms with Crippen LogP contribution in [0.15, 0.2) is 42.5 Å². The zero-order chi connectivity index (χ0) is 14.8. The van der Waals surface area contributed by atoms with Gasteiger partial charge in [-0.3, -0.25) is 4.79 Å². The summed E-state index contributed by atoms with van der Waals surface area (Å²) in [5.74, 6) is 0.600. The minimum absolute atomic E-state index is 0.0144. The number of amides is 1. The first-order chi connectivity index (χ1) is 10.1. The van der Waals surface area contributed by atoms with Crippen LogP contribution >= 0.6 is 0 Å². The second-order valence-electron chi connectivity index (χ2n) is 5.29. The SMILES string of the molecule is Cc1ccc(N)cc1NC(=O)C1CCOc2ccccc21. The molecule has 3 rings (SSSR count). The first-order valence-corrected chi connectivity index (χ1v) is 7.04. The molecule has 0 saturated carbocycles. The molecule has 1 amide bonds. The maximum atomic E-state index is 12.6. The van der Waals surface area contributed by atoms with Gasteiger partial charge >= 0.3 is 0 Å². The lowest BCUT2D eigenvalue weighted by molar-refractivity contribution is -0.118. The van der Waals surface area contributed by atoms with E-state index in [4.69, 9.17) is 10.5 Å². The molecule has 21 heavy (non-hydrogen) atoms. The molecule has 1 heterocycles. The van der Waals surface area contributed by atoms with Gasteiger partial charge < -0.3 is 15.8 Å². The molecule has 108 valence electrons. The smallest absolute Gasteiger partial charge is 0.232 e. The van der Waals surface area contributed by atoms with E-state index in [0.717, 1.165) is 22.6 Å². The molecule has 0 aliphatic carbocycles. The van der Waals surface area contributed by atoms with Crippen molar-refractivity contribution in [1.29, 1.82) is 0 Å². The maximum absolute atomic E-state index is 12.6. The Bertz CT molecular complexity index is 682. The molecule has 3 N–H and O–H groups in total. The standard InChI is InChI=1S/C17H18N2O2/c1-11-6-7-12(18)10-15(11)19-17(20)14-8-9-21-16-5-3-2-4-13(14)16/h2-7,10,14H,8-9,18H2,1H3,(H,19,20). The zero-order valence-corrected chi connectivity index (χ0v) is 11.9. The number of anilines is 2. The van der Waals surface area contributed by atoms with Crippen molar-refractivity contribution < 1.29 is 9.53 Å². The van der Waals surface area contributed by atoms with Crippen LogP contribution in [0.1, 0.15) is 23.5 Å². The minimum Gasteiger partial charge on any atom is -0.493 e. The van der Waals surface area contributed by atoms with E-state index in [1.807, 2.05) is 43.3 Å². The summed E-state index contributed by atoms with van der Waals surface area (Å²) < 4.78 is 5.60. The lowest BCUT2D eigenvalue weighted by Crippen LogP contribution is -2.26. The number of nitrogens with two attached hydrogens (primary N) is 1. The number of ether oxygens (including phenoxy) is 1. The highest BCUT2D eigenvalue weighted by Gasteiger charge is 2.27. The monoisotopic (exact) mass is 282 g/mol. The fourth-order valence-electron chi connectivity index (χ4n) is 2.61. The van der Waals surface area contributed by atoms with E-state index >= 15 is 0 Å². The first-order valence-electron chi connectivity index (χ1n) is 7.04. The molecule has 2 aromatic carbocycles. The Morgan fingerprint density at radius 2 is 2.10 bits per heavy atom.